The predicted molar refractivity (Wildman–Crippen MR) is 81.5 cm³/mol. The van der Waals surface area contributed by atoms with Gasteiger partial charge >= 0.3 is 0 Å². The van der Waals surface area contributed by atoms with Crippen LogP contribution in [0.4, 0.5) is 0 Å². The van der Waals surface area contributed by atoms with Crippen molar-refractivity contribution < 1.29 is 9.47 Å². The van der Waals surface area contributed by atoms with E-state index in [-0.39, 0.29) is 12.3 Å². The third-order valence-electron chi connectivity index (χ3n) is 4.21. The standard InChI is InChI=1S/C17H20N2O2/c1-2-16(20-9-1)15-10-19-17(11-18-15)21-14-7-5-13(6-8-14)12-3-4-12/h5-8,10-12,16-17,19H,1-4,9H2. The highest BCUT2D eigenvalue weighted by molar-refractivity contribution is 5.66. The molecule has 1 aliphatic carbocycles. The molecule has 0 aromatic heterocycles. The molecule has 1 saturated heterocycles. The first-order valence-corrected chi connectivity index (χ1v) is 7.77. The normalized spacial score (nSPS) is 28.1. The van der Waals surface area contributed by atoms with Crippen LogP contribution in [0, 0.1) is 0 Å². The van der Waals surface area contributed by atoms with Crippen LogP contribution in [0.2, 0.25) is 0 Å². The minimum absolute atomic E-state index is 0.146. The van der Waals surface area contributed by atoms with Crippen LogP contribution in [-0.4, -0.2) is 25.2 Å². The topological polar surface area (TPSA) is 42.8 Å². The molecule has 0 bridgehead atoms. The molecule has 1 aromatic carbocycles. The quantitative estimate of drug-likeness (QED) is 0.924. The van der Waals surface area contributed by atoms with Crippen molar-refractivity contribution in [1.29, 1.82) is 0 Å². The fourth-order valence-corrected chi connectivity index (χ4v) is 2.83. The molecule has 0 amide bonds. The molecule has 1 aromatic rings. The molecule has 2 atom stereocenters. The number of nitrogens with zero attached hydrogens (tertiary/aromatic N) is 1. The first-order chi connectivity index (χ1) is 10.4. The van der Waals surface area contributed by atoms with Gasteiger partial charge < -0.3 is 14.8 Å². The van der Waals surface area contributed by atoms with Gasteiger partial charge in [0.05, 0.1) is 11.9 Å². The second-order valence-electron chi connectivity index (χ2n) is 5.90. The van der Waals surface area contributed by atoms with Gasteiger partial charge in [0, 0.05) is 12.8 Å². The van der Waals surface area contributed by atoms with Gasteiger partial charge in [-0.3, -0.25) is 4.99 Å². The maximum atomic E-state index is 5.88. The summed E-state index contributed by atoms with van der Waals surface area (Å²) in [7, 11) is 0. The molecule has 0 spiro atoms. The van der Waals surface area contributed by atoms with E-state index in [2.05, 4.69) is 22.4 Å². The molecule has 1 N–H and O–H groups in total. The van der Waals surface area contributed by atoms with Crippen molar-refractivity contribution in [1.82, 2.24) is 5.32 Å². The predicted octanol–water partition coefficient (Wildman–Crippen LogP) is 2.96. The SMILES string of the molecule is C1=NC(C2CCCO2)=CNC1Oc1ccc(C2CC2)cc1. The number of hydrogen-bond donors (Lipinski definition) is 1. The average molecular weight is 284 g/mol. The van der Waals surface area contributed by atoms with Gasteiger partial charge in [0.1, 0.15) is 11.9 Å². The van der Waals surface area contributed by atoms with E-state index in [4.69, 9.17) is 9.47 Å². The van der Waals surface area contributed by atoms with Crippen molar-refractivity contribution in [3.8, 4) is 5.75 Å². The lowest BCUT2D eigenvalue weighted by Crippen LogP contribution is -2.35. The zero-order valence-corrected chi connectivity index (χ0v) is 12.0. The van der Waals surface area contributed by atoms with Crippen molar-refractivity contribution in [3.63, 3.8) is 0 Å². The summed E-state index contributed by atoms with van der Waals surface area (Å²) >= 11 is 0. The van der Waals surface area contributed by atoms with E-state index in [1.807, 2.05) is 24.5 Å². The Hall–Kier alpha value is -1.81. The van der Waals surface area contributed by atoms with E-state index < -0.39 is 0 Å². The Labute approximate surface area is 124 Å². The minimum atomic E-state index is -0.207. The molecule has 2 unspecified atom stereocenters. The second kappa shape index (κ2) is 5.53. The van der Waals surface area contributed by atoms with Gasteiger partial charge in [0.15, 0.2) is 0 Å². The lowest BCUT2D eigenvalue weighted by atomic mass is 10.1. The summed E-state index contributed by atoms with van der Waals surface area (Å²) in [5, 5.41) is 3.23. The summed E-state index contributed by atoms with van der Waals surface area (Å²) in [6, 6.07) is 8.42. The molecule has 4 heteroatoms. The molecular formula is C17H20N2O2. The molecule has 4 rings (SSSR count). The highest BCUT2D eigenvalue weighted by atomic mass is 16.5. The fraction of sp³-hybridized carbons (Fsp3) is 0.471. The second-order valence-corrected chi connectivity index (χ2v) is 5.90. The summed E-state index contributed by atoms with van der Waals surface area (Å²) < 4.78 is 11.5. The fourth-order valence-electron chi connectivity index (χ4n) is 2.83. The Morgan fingerprint density at radius 1 is 1.14 bits per heavy atom. The average Bonchev–Trinajstić information content (AvgIpc) is 3.23. The van der Waals surface area contributed by atoms with E-state index in [0.717, 1.165) is 36.8 Å². The molecule has 110 valence electrons. The van der Waals surface area contributed by atoms with Gasteiger partial charge in [0.2, 0.25) is 6.23 Å². The Balaban J connectivity index is 1.34. The number of rotatable bonds is 4. The number of nitrogens with one attached hydrogen (secondary N) is 1. The maximum Gasteiger partial charge on any atom is 0.206 e. The van der Waals surface area contributed by atoms with Gasteiger partial charge in [-0.15, -0.1) is 0 Å². The highest BCUT2D eigenvalue weighted by Crippen LogP contribution is 2.40. The zero-order chi connectivity index (χ0) is 14.1. The molecular weight excluding hydrogens is 264 g/mol. The molecule has 2 aliphatic heterocycles. The smallest absolute Gasteiger partial charge is 0.206 e. The molecule has 2 fully saturated rings. The Morgan fingerprint density at radius 3 is 2.62 bits per heavy atom. The third kappa shape index (κ3) is 2.95. The van der Waals surface area contributed by atoms with E-state index in [9.17, 15) is 0 Å². The largest absolute Gasteiger partial charge is 0.466 e. The lowest BCUT2D eigenvalue weighted by Gasteiger charge is -2.21. The zero-order valence-electron chi connectivity index (χ0n) is 12.0. The van der Waals surface area contributed by atoms with Crippen molar-refractivity contribution in [3.05, 3.63) is 41.7 Å². The molecule has 4 nitrogen and oxygen atoms in total. The Morgan fingerprint density at radius 2 is 2.00 bits per heavy atom. The van der Waals surface area contributed by atoms with Crippen molar-refractivity contribution in [2.75, 3.05) is 6.61 Å². The van der Waals surface area contributed by atoms with Crippen LogP contribution in [0.1, 0.15) is 37.2 Å². The van der Waals surface area contributed by atoms with Gasteiger partial charge in [-0.25, -0.2) is 0 Å². The number of benzene rings is 1. The summed E-state index contributed by atoms with van der Waals surface area (Å²) in [6.45, 7) is 0.838. The third-order valence-corrected chi connectivity index (χ3v) is 4.21. The summed E-state index contributed by atoms with van der Waals surface area (Å²) in [4.78, 5) is 4.47. The van der Waals surface area contributed by atoms with Crippen LogP contribution >= 0.6 is 0 Å². The van der Waals surface area contributed by atoms with Crippen LogP contribution in [0.15, 0.2) is 41.2 Å². The maximum absolute atomic E-state index is 5.88. The Bertz CT molecular complexity index is 555. The van der Waals surface area contributed by atoms with E-state index in [1.165, 1.54) is 18.4 Å². The summed E-state index contributed by atoms with van der Waals surface area (Å²) in [5.74, 6) is 1.66. The lowest BCUT2D eigenvalue weighted by molar-refractivity contribution is 0.134. The molecule has 3 aliphatic rings. The van der Waals surface area contributed by atoms with Crippen LogP contribution < -0.4 is 10.1 Å². The summed E-state index contributed by atoms with van der Waals surface area (Å²) in [6.07, 6.45) is 8.49. The van der Waals surface area contributed by atoms with Crippen LogP contribution in [0.25, 0.3) is 0 Å². The minimum Gasteiger partial charge on any atom is -0.466 e. The first kappa shape index (κ1) is 12.9. The van der Waals surface area contributed by atoms with Crippen LogP contribution in [0.5, 0.6) is 5.75 Å². The molecule has 1 saturated carbocycles. The number of aliphatic imine (C=N–C) groups is 1. The van der Waals surface area contributed by atoms with Crippen molar-refractivity contribution >= 4 is 6.21 Å². The van der Waals surface area contributed by atoms with Gasteiger partial charge in [-0.05, 0) is 49.3 Å². The molecule has 0 radical (unpaired) electrons. The van der Waals surface area contributed by atoms with E-state index in [0.29, 0.717) is 0 Å². The van der Waals surface area contributed by atoms with Gasteiger partial charge in [-0.2, -0.15) is 0 Å². The van der Waals surface area contributed by atoms with Gasteiger partial charge in [0.25, 0.3) is 0 Å². The summed E-state index contributed by atoms with van der Waals surface area (Å²) in [5.41, 5.74) is 2.39. The number of hydrogen-bond acceptors (Lipinski definition) is 4. The molecule has 2 heterocycles. The van der Waals surface area contributed by atoms with E-state index >= 15 is 0 Å². The van der Waals surface area contributed by atoms with Crippen LogP contribution in [0.3, 0.4) is 0 Å². The molecule has 21 heavy (non-hydrogen) atoms. The Kier molecular flexibility index (Phi) is 3.39. The van der Waals surface area contributed by atoms with Crippen LogP contribution in [-0.2, 0) is 4.74 Å². The highest BCUT2D eigenvalue weighted by Gasteiger charge is 2.24. The first-order valence-electron chi connectivity index (χ1n) is 7.77. The van der Waals surface area contributed by atoms with Gasteiger partial charge in [-0.1, -0.05) is 12.1 Å². The van der Waals surface area contributed by atoms with Crippen molar-refractivity contribution in [2.24, 2.45) is 4.99 Å². The monoisotopic (exact) mass is 284 g/mol. The number of ether oxygens (including phenoxy) is 2. The van der Waals surface area contributed by atoms with Crippen molar-refractivity contribution in [2.45, 2.75) is 43.9 Å². The van der Waals surface area contributed by atoms with E-state index in [1.54, 1.807) is 0 Å².